The summed E-state index contributed by atoms with van der Waals surface area (Å²) in [6.45, 7) is 27.6. The summed E-state index contributed by atoms with van der Waals surface area (Å²) in [5.41, 5.74) is 34.7. The standard InChI is InChI=1S/C23H60N12.C4H10/c1-23(2,29)35(15-7-28)18-11-31-10-17-34(16-9-30-8-3-24)22-21-33(14-6-27)20-19-32(12-4-25)13-5-26;1-4(2)3/h30-31H,3-22,24-29H2,1-2H3;4H,1-3H3. The average molecular weight is 563 g/mol. The Morgan fingerprint density at radius 3 is 1.18 bits per heavy atom. The molecule has 0 aromatic carbocycles. The second-order valence-corrected chi connectivity index (χ2v) is 11.3. The van der Waals surface area contributed by atoms with Crippen molar-refractivity contribution in [3.8, 4) is 0 Å². The molecular weight excluding hydrogens is 492 g/mol. The van der Waals surface area contributed by atoms with E-state index in [1.807, 2.05) is 13.8 Å². The van der Waals surface area contributed by atoms with Gasteiger partial charge < -0.3 is 45.0 Å². The third-order valence-corrected chi connectivity index (χ3v) is 6.10. The summed E-state index contributed by atoms with van der Waals surface area (Å²) < 4.78 is 0. The van der Waals surface area contributed by atoms with Crippen LogP contribution in [0.25, 0.3) is 0 Å². The minimum absolute atomic E-state index is 0.363. The van der Waals surface area contributed by atoms with Gasteiger partial charge in [-0.2, -0.15) is 0 Å². The third-order valence-electron chi connectivity index (χ3n) is 6.10. The lowest BCUT2D eigenvalue weighted by Gasteiger charge is -2.35. The Kier molecular flexibility index (Phi) is 28.9. The summed E-state index contributed by atoms with van der Waals surface area (Å²) in [5, 5.41) is 6.99. The number of nitrogens with one attached hydrogen (secondary N) is 2. The van der Waals surface area contributed by atoms with Crippen molar-refractivity contribution < 1.29 is 0 Å². The van der Waals surface area contributed by atoms with Gasteiger partial charge >= 0.3 is 0 Å². The van der Waals surface area contributed by atoms with Crippen LogP contribution in [0, 0.1) is 5.92 Å². The zero-order chi connectivity index (χ0) is 29.9. The molecule has 12 heteroatoms. The molecule has 0 unspecified atom stereocenters. The molecule has 0 radical (unpaired) electrons. The highest BCUT2D eigenvalue weighted by atomic mass is 15.3. The van der Waals surface area contributed by atoms with Crippen LogP contribution < -0.4 is 45.0 Å². The largest absolute Gasteiger partial charge is 0.329 e. The molecule has 0 saturated carbocycles. The van der Waals surface area contributed by atoms with Crippen molar-refractivity contribution in [3.05, 3.63) is 0 Å². The van der Waals surface area contributed by atoms with Gasteiger partial charge in [-0.1, -0.05) is 20.8 Å². The molecule has 14 N–H and O–H groups in total. The summed E-state index contributed by atoms with van der Waals surface area (Å²) in [7, 11) is 0. The van der Waals surface area contributed by atoms with Crippen LogP contribution in [-0.2, 0) is 0 Å². The predicted octanol–water partition coefficient (Wildman–Crippen LogP) is -2.48. The van der Waals surface area contributed by atoms with Crippen molar-refractivity contribution >= 4 is 0 Å². The van der Waals surface area contributed by atoms with E-state index < -0.39 is 0 Å². The first-order valence-corrected chi connectivity index (χ1v) is 15.2. The third kappa shape index (κ3) is 27.5. The molecule has 0 rings (SSSR count). The molecule has 0 atom stereocenters. The van der Waals surface area contributed by atoms with Gasteiger partial charge in [0.25, 0.3) is 0 Å². The van der Waals surface area contributed by atoms with Crippen LogP contribution in [0.2, 0.25) is 0 Å². The zero-order valence-corrected chi connectivity index (χ0v) is 26.5. The number of hydrogen-bond acceptors (Lipinski definition) is 12. The van der Waals surface area contributed by atoms with Crippen molar-refractivity contribution in [2.24, 2.45) is 40.3 Å². The van der Waals surface area contributed by atoms with E-state index in [2.05, 4.69) is 51.0 Å². The van der Waals surface area contributed by atoms with E-state index in [1.165, 1.54) is 0 Å². The highest BCUT2D eigenvalue weighted by Gasteiger charge is 2.20. The minimum atomic E-state index is -0.363. The van der Waals surface area contributed by atoms with Crippen molar-refractivity contribution in [1.82, 2.24) is 30.2 Å². The Morgan fingerprint density at radius 1 is 0.487 bits per heavy atom. The Hall–Kier alpha value is -0.480. The number of nitrogens with zero attached hydrogens (tertiary/aromatic N) is 4. The van der Waals surface area contributed by atoms with Gasteiger partial charge in [-0.05, 0) is 19.8 Å². The number of rotatable bonds is 26. The van der Waals surface area contributed by atoms with Crippen LogP contribution in [0.4, 0.5) is 0 Å². The summed E-state index contributed by atoms with van der Waals surface area (Å²) >= 11 is 0. The van der Waals surface area contributed by atoms with Crippen molar-refractivity contribution in [2.45, 2.75) is 40.3 Å². The Labute approximate surface area is 241 Å². The van der Waals surface area contributed by atoms with Gasteiger partial charge in [0, 0.05) is 131 Å². The smallest absolute Gasteiger partial charge is 0.0630 e. The quantitative estimate of drug-likeness (QED) is 0.0409. The monoisotopic (exact) mass is 563 g/mol. The zero-order valence-electron chi connectivity index (χ0n) is 26.5. The molecule has 39 heavy (non-hydrogen) atoms. The molecule has 0 aliphatic carbocycles. The second-order valence-electron chi connectivity index (χ2n) is 11.3. The number of hydrogen-bond donors (Lipinski definition) is 8. The Bertz CT molecular complexity index is 481. The van der Waals surface area contributed by atoms with Crippen LogP contribution in [0.1, 0.15) is 34.6 Å². The van der Waals surface area contributed by atoms with E-state index >= 15 is 0 Å². The molecule has 0 spiro atoms. The van der Waals surface area contributed by atoms with E-state index in [1.54, 1.807) is 0 Å². The summed E-state index contributed by atoms with van der Waals surface area (Å²) in [6, 6.07) is 0. The lowest BCUT2D eigenvalue weighted by molar-refractivity contribution is 0.130. The fourth-order valence-electron chi connectivity index (χ4n) is 4.00. The highest BCUT2D eigenvalue weighted by molar-refractivity contribution is 4.76. The van der Waals surface area contributed by atoms with Crippen LogP contribution >= 0.6 is 0 Å². The first-order chi connectivity index (χ1) is 18.5. The molecule has 238 valence electrons. The van der Waals surface area contributed by atoms with Crippen LogP contribution in [0.3, 0.4) is 0 Å². The fourth-order valence-corrected chi connectivity index (χ4v) is 4.00. The van der Waals surface area contributed by atoms with Gasteiger partial charge in [-0.25, -0.2) is 0 Å². The van der Waals surface area contributed by atoms with E-state index in [-0.39, 0.29) is 5.66 Å². The maximum atomic E-state index is 6.27. The Balaban J connectivity index is 0. The van der Waals surface area contributed by atoms with Crippen molar-refractivity contribution in [2.75, 3.05) is 131 Å². The molecule has 0 heterocycles. The van der Waals surface area contributed by atoms with Crippen LogP contribution in [-0.4, -0.2) is 156 Å². The second kappa shape index (κ2) is 27.7. The highest BCUT2D eigenvalue weighted by Crippen LogP contribution is 2.04. The van der Waals surface area contributed by atoms with Crippen LogP contribution in [0.5, 0.6) is 0 Å². The maximum absolute atomic E-state index is 6.27. The fraction of sp³-hybridized carbons (Fsp3) is 1.00. The molecule has 0 aliphatic rings. The SMILES string of the molecule is CC(C)(N)N(CCN)CCNCCN(CCNCCN)CCN(CCN)CCN(CCN)CCN.CC(C)C. The molecule has 0 aromatic rings. The molecule has 0 fully saturated rings. The number of nitrogens with two attached hydrogens (primary N) is 6. The van der Waals surface area contributed by atoms with Gasteiger partial charge in [-0.3, -0.25) is 19.6 Å². The normalized spacial score (nSPS) is 12.3. The first kappa shape index (κ1) is 40.7. The molecule has 0 amide bonds. The van der Waals surface area contributed by atoms with Gasteiger partial charge in [0.2, 0.25) is 0 Å². The van der Waals surface area contributed by atoms with E-state index in [0.29, 0.717) is 32.7 Å². The molecular formula is C27H70N12. The van der Waals surface area contributed by atoms with E-state index in [4.69, 9.17) is 34.4 Å². The summed E-state index contributed by atoms with van der Waals surface area (Å²) in [4.78, 5) is 9.50. The molecule has 0 saturated heterocycles. The first-order valence-electron chi connectivity index (χ1n) is 15.2. The Morgan fingerprint density at radius 2 is 0.821 bits per heavy atom. The molecule has 0 aliphatic heterocycles. The van der Waals surface area contributed by atoms with Gasteiger partial charge in [-0.15, -0.1) is 0 Å². The van der Waals surface area contributed by atoms with Crippen molar-refractivity contribution in [1.29, 1.82) is 0 Å². The predicted molar refractivity (Wildman–Crippen MR) is 171 cm³/mol. The summed E-state index contributed by atoms with van der Waals surface area (Å²) in [6.07, 6.45) is 0. The van der Waals surface area contributed by atoms with Crippen LogP contribution in [0.15, 0.2) is 0 Å². The molecule has 12 nitrogen and oxygen atoms in total. The van der Waals surface area contributed by atoms with Gasteiger partial charge in [0.15, 0.2) is 0 Å². The van der Waals surface area contributed by atoms with Gasteiger partial charge in [0.05, 0.1) is 5.66 Å². The van der Waals surface area contributed by atoms with E-state index in [9.17, 15) is 0 Å². The van der Waals surface area contributed by atoms with Crippen molar-refractivity contribution in [3.63, 3.8) is 0 Å². The average Bonchev–Trinajstić information content (AvgIpc) is 2.85. The minimum Gasteiger partial charge on any atom is -0.329 e. The maximum Gasteiger partial charge on any atom is 0.0630 e. The van der Waals surface area contributed by atoms with Gasteiger partial charge in [0.1, 0.15) is 0 Å². The van der Waals surface area contributed by atoms with E-state index in [0.717, 1.165) is 104 Å². The lowest BCUT2D eigenvalue weighted by Crippen LogP contribution is -2.54. The molecule has 0 bridgehead atoms. The lowest BCUT2D eigenvalue weighted by atomic mass is 10.2. The molecule has 0 aromatic heterocycles. The summed E-state index contributed by atoms with van der Waals surface area (Å²) in [5.74, 6) is 0.833. The topological polar surface area (TPSA) is 193 Å².